The number of rotatable bonds is 6. The van der Waals surface area contributed by atoms with Crippen molar-refractivity contribution < 1.29 is 10.2 Å². The summed E-state index contributed by atoms with van der Waals surface area (Å²) in [5.74, 6) is -0.202. The van der Waals surface area contributed by atoms with Crippen molar-refractivity contribution >= 4 is 13.2 Å². The molecule has 1 aliphatic carbocycles. The van der Waals surface area contributed by atoms with Crippen molar-refractivity contribution in [3.63, 3.8) is 0 Å². The van der Waals surface area contributed by atoms with E-state index in [4.69, 9.17) is 0 Å². The third-order valence-corrected chi connectivity index (χ3v) is 7.86. The summed E-state index contributed by atoms with van der Waals surface area (Å²) in [6.07, 6.45) is 2.65. The molecule has 24 heavy (non-hydrogen) atoms. The smallest absolute Gasteiger partial charge is 0.0603 e. The van der Waals surface area contributed by atoms with Crippen molar-refractivity contribution in [2.24, 2.45) is 0 Å². The molecule has 0 bridgehead atoms. The van der Waals surface area contributed by atoms with Crippen LogP contribution < -0.4 is 5.30 Å². The van der Waals surface area contributed by atoms with Crippen molar-refractivity contribution in [3.05, 3.63) is 53.1 Å². The zero-order chi connectivity index (χ0) is 17.3. The van der Waals surface area contributed by atoms with Gasteiger partial charge in [-0.3, -0.25) is 0 Å². The van der Waals surface area contributed by atoms with Crippen LogP contribution in [0, 0.1) is 0 Å². The number of aliphatic hydroxyl groups is 2. The van der Waals surface area contributed by atoms with Crippen molar-refractivity contribution in [1.29, 1.82) is 0 Å². The fourth-order valence-corrected chi connectivity index (χ4v) is 6.02. The molecular weight excluding hydrogens is 315 g/mol. The maximum absolute atomic E-state index is 10.3. The highest BCUT2D eigenvalue weighted by Crippen LogP contribution is 2.44. The molecule has 0 aliphatic heterocycles. The molecule has 128 valence electrons. The predicted octanol–water partition coefficient (Wildman–Crippen LogP) is 3.86. The Morgan fingerprint density at radius 1 is 1.04 bits per heavy atom. The molecule has 0 aromatic heterocycles. The Morgan fingerprint density at radius 2 is 1.75 bits per heavy atom. The molecule has 2 aromatic rings. The van der Waals surface area contributed by atoms with Crippen LogP contribution in [-0.2, 0) is 6.42 Å². The highest BCUT2D eigenvalue weighted by atomic mass is 31.1. The Kier molecular flexibility index (Phi) is 5.39. The van der Waals surface area contributed by atoms with E-state index in [0.717, 1.165) is 18.7 Å². The molecule has 2 nitrogen and oxygen atoms in total. The lowest BCUT2D eigenvalue weighted by Crippen LogP contribution is -2.26. The topological polar surface area (TPSA) is 40.5 Å². The molecule has 0 spiro atoms. The van der Waals surface area contributed by atoms with Crippen LogP contribution in [0.5, 0.6) is 0 Å². The van der Waals surface area contributed by atoms with E-state index >= 15 is 0 Å². The van der Waals surface area contributed by atoms with Gasteiger partial charge in [0.1, 0.15) is 0 Å². The summed E-state index contributed by atoms with van der Waals surface area (Å²) in [5, 5.41) is 21.7. The second kappa shape index (κ2) is 7.35. The Hall–Kier alpha value is -1.21. The highest BCUT2D eigenvalue weighted by molar-refractivity contribution is 7.65. The van der Waals surface area contributed by atoms with Gasteiger partial charge in [0.15, 0.2) is 0 Å². The highest BCUT2D eigenvalue weighted by Gasteiger charge is 2.30. The van der Waals surface area contributed by atoms with Gasteiger partial charge in [-0.2, -0.15) is 0 Å². The Morgan fingerprint density at radius 3 is 2.38 bits per heavy atom. The van der Waals surface area contributed by atoms with E-state index in [1.54, 1.807) is 6.92 Å². The van der Waals surface area contributed by atoms with Gasteiger partial charge in [-0.25, -0.2) is 0 Å². The fourth-order valence-electron chi connectivity index (χ4n) is 3.96. The minimum atomic E-state index is -0.547. The molecule has 0 saturated carbocycles. The molecule has 1 aliphatic rings. The summed E-state index contributed by atoms with van der Waals surface area (Å²) in [6, 6.07) is 13.1. The lowest BCUT2D eigenvalue weighted by atomic mass is 9.88. The van der Waals surface area contributed by atoms with Crippen molar-refractivity contribution in [2.45, 2.75) is 39.2 Å². The summed E-state index contributed by atoms with van der Waals surface area (Å²) in [5.41, 5.74) is 6.48. The molecule has 2 unspecified atom stereocenters. The Labute approximate surface area is 146 Å². The van der Waals surface area contributed by atoms with E-state index in [9.17, 15) is 10.2 Å². The van der Waals surface area contributed by atoms with Gasteiger partial charge >= 0.3 is 0 Å². The fraction of sp³-hybridized carbons (Fsp3) is 0.429. The quantitative estimate of drug-likeness (QED) is 0.668. The first-order chi connectivity index (χ1) is 11.6. The first-order valence-electron chi connectivity index (χ1n) is 8.90. The van der Waals surface area contributed by atoms with Crippen LogP contribution in [-0.4, -0.2) is 35.2 Å². The molecule has 0 amide bonds. The number of hydrogen-bond acceptors (Lipinski definition) is 2. The average Bonchev–Trinajstić information content (AvgIpc) is 2.96. The van der Waals surface area contributed by atoms with Crippen LogP contribution in [0.25, 0.3) is 11.1 Å². The zero-order valence-corrected chi connectivity index (χ0v) is 15.7. The third-order valence-electron chi connectivity index (χ3n) is 5.26. The van der Waals surface area contributed by atoms with Gasteiger partial charge in [-0.1, -0.05) is 58.2 Å². The van der Waals surface area contributed by atoms with Gasteiger partial charge in [0.05, 0.1) is 12.7 Å². The second-order valence-electron chi connectivity index (χ2n) is 6.56. The SMILES string of the molecule is CCP(CC)c1ccc2c(c1C(CO)C(C)O)Cc1ccccc1-2. The normalized spacial score (nSPS) is 15.2. The molecular formula is C21H27O2P. The van der Waals surface area contributed by atoms with Gasteiger partial charge in [-0.15, -0.1) is 0 Å². The first kappa shape index (κ1) is 17.6. The molecule has 0 fully saturated rings. The second-order valence-corrected chi connectivity index (χ2v) is 9.39. The average molecular weight is 342 g/mol. The number of hydrogen-bond donors (Lipinski definition) is 2. The number of aliphatic hydroxyl groups excluding tert-OH is 2. The summed E-state index contributed by atoms with van der Waals surface area (Å²) in [6.45, 7) is 6.29. The van der Waals surface area contributed by atoms with Gasteiger partial charge in [0.2, 0.25) is 0 Å². The monoisotopic (exact) mass is 342 g/mol. The van der Waals surface area contributed by atoms with Crippen LogP contribution in [0.15, 0.2) is 36.4 Å². The van der Waals surface area contributed by atoms with E-state index in [-0.39, 0.29) is 20.4 Å². The minimum absolute atomic E-state index is 0.00589. The first-order valence-corrected chi connectivity index (χ1v) is 10.6. The van der Waals surface area contributed by atoms with Crippen LogP contribution >= 0.6 is 7.92 Å². The van der Waals surface area contributed by atoms with E-state index in [1.807, 2.05) is 0 Å². The lowest BCUT2D eigenvalue weighted by molar-refractivity contribution is 0.121. The van der Waals surface area contributed by atoms with Crippen LogP contribution in [0.3, 0.4) is 0 Å². The predicted molar refractivity (Wildman–Crippen MR) is 104 cm³/mol. The van der Waals surface area contributed by atoms with E-state index in [0.29, 0.717) is 0 Å². The minimum Gasteiger partial charge on any atom is -0.396 e. The lowest BCUT2D eigenvalue weighted by Gasteiger charge is -2.28. The summed E-state index contributed by atoms with van der Waals surface area (Å²) in [7, 11) is -0.240. The van der Waals surface area contributed by atoms with E-state index in [1.165, 1.54) is 33.1 Å². The van der Waals surface area contributed by atoms with Gasteiger partial charge in [0, 0.05) is 5.92 Å². The molecule has 0 saturated heterocycles. The van der Waals surface area contributed by atoms with Crippen molar-refractivity contribution in [3.8, 4) is 11.1 Å². The molecule has 2 atom stereocenters. The maximum atomic E-state index is 10.3. The molecule has 0 radical (unpaired) electrons. The Bertz CT molecular complexity index is 720. The summed E-state index contributed by atoms with van der Waals surface area (Å²) < 4.78 is 0. The van der Waals surface area contributed by atoms with Crippen molar-refractivity contribution in [1.82, 2.24) is 0 Å². The molecule has 3 rings (SSSR count). The van der Waals surface area contributed by atoms with Gasteiger partial charge < -0.3 is 10.2 Å². The van der Waals surface area contributed by atoms with Gasteiger partial charge in [0.25, 0.3) is 0 Å². The molecule has 2 N–H and O–H groups in total. The third kappa shape index (κ3) is 2.92. The number of fused-ring (bicyclic) bond motifs is 3. The van der Waals surface area contributed by atoms with Gasteiger partial charge in [-0.05, 0) is 58.8 Å². The number of benzene rings is 2. The zero-order valence-electron chi connectivity index (χ0n) is 14.8. The Balaban J connectivity index is 2.22. The van der Waals surface area contributed by atoms with E-state index in [2.05, 4.69) is 50.2 Å². The van der Waals surface area contributed by atoms with E-state index < -0.39 is 6.10 Å². The molecule has 0 heterocycles. The van der Waals surface area contributed by atoms with Crippen LogP contribution in [0.1, 0.15) is 43.4 Å². The summed E-state index contributed by atoms with van der Waals surface area (Å²) in [4.78, 5) is 0. The summed E-state index contributed by atoms with van der Waals surface area (Å²) >= 11 is 0. The molecule has 3 heteroatoms. The van der Waals surface area contributed by atoms with Crippen LogP contribution in [0.4, 0.5) is 0 Å². The van der Waals surface area contributed by atoms with Crippen LogP contribution in [0.2, 0.25) is 0 Å². The standard InChI is InChI=1S/C21H27O2P/c1-4-24(5-2)20-11-10-17-16-9-7-6-8-15(16)12-18(17)21(20)19(13-22)14(3)23/h6-11,14,19,22-23H,4-5,12-13H2,1-3H3. The molecule has 2 aromatic carbocycles. The maximum Gasteiger partial charge on any atom is 0.0603 e. The largest absolute Gasteiger partial charge is 0.396 e. The van der Waals surface area contributed by atoms with Crippen molar-refractivity contribution in [2.75, 3.05) is 18.9 Å².